The Hall–Kier alpha value is -2.11. The number of piperidine rings is 1. The third-order valence-corrected chi connectivity index (χ3v) is 5.10. The van der Waals surface area contributed by atoms with Gasteiger partial charge in [-0.1, -0.05) is 12.8 Å². The number of likely N-dealkylation sites (tertiary alicyclic amines) is 1. The number of nitrogens with zero attached hydrogens (tertiary/aromatic N) is 2. The van der Waals surface area contributed by atoms with Gasteiger partial charge in [-0.15, -0.1) is 0 Å². The van der Waals surface area contributed by atoms with Gasteiger partial charge in [0.2, 0.25) is 11.8 Å². The fourth-order valence-electron chi connectivity index (χ4n) is 3.71. The van der Waals surface area contributed by atoms with Gasteiger partial charge in [0, 0.05) is 31.7 Å². The summed E-state index contributed by atoms with van der Waals surface area (Å²) in [5, 5.41) is 2.99. The van der Waals surface area contributed by atoms with E-state index in [1.807, 2.05) is 17.0 Å². The lowest BCUT2D eigenvalue weighted by Crippen LogP contribution is -2.49. The van der Waals surface area contributed by atoms with Crippen LogP contribution in [-0.4, -0.2) is 47.4 Å². The van der Waals surface area contributed by atoms with Crippen LogP contribution in [0.3, 0.4) is 0 Å². The van der Waals surface area contributed by atoms with Gasteiger partial charge in [0.05, 0.1) is 18.7 Å². The molecular weight excluding hydrogens is 318 g/mol. The molecule has 0 spiro atoms. The molecule has 2 heterocycles. The highest BCUT2D eigenvalue weighted by atomic mass is 16.5. The fraction of sp³-hybridized carbons (Fsp3) is 0.632. The summed E-state index contributed by atoms with van der Waals surface area (Å²) in [6.45, 7) is 1.72. The summed E-state index contributed by atoms with van der Waals surface area (Å²) in [6, 6.07) is 4.05. The molecule has 3 rings (SSSR count). The highest BCUT2D eigenvalue weighted by Gasteiger charge is 2.34. The molecule has 1 unspecified atom stereocenters. The van der Waals surface area contributed by atoms with Crippen molar-refractivity contribution in [3.05, 3.63) is 24.5 Å². The summed E-state index contributed by atoms with van der Waals surface area (Å²) in [7, 11) is 0. The minimum Gasteiger partial charge on any atom is -0.492 e. The lowest BCUT2D eigenvalue weighted by molar-refractivity contribution is -0.140. The van der Waals surface area contributed by atoms with Crippen LogP contribution in [0.2, 0.25) is 0 Å². The largest absolute Gasteiger partial charge is 0.492 e. The smallest absolute Gasteiger partial charge is 0.224 e. The standard InChI is InChI=1S/C19H27N3O3/c23-18-9-8-15(14-22(18)16-5-1-2-6-16)19(24)21-11-4-12-25-17-7-3-10-20-13-17/h3,7,10,13,15-16H,1-2,4-6,8-9,11-12,14H2,(H,21,24). The normalized spacial score (nSPS) is 21.4. The number of aromatic nitrogens is 1. The molecular formula is C19H27N3O3. The lowest BCUT2D eigenvalue weighted by atomic mass is 9.95. The van der Waals surface area contributed by atoms with Crippen molar-refractivity contribution in [3.8, 4) is 5.75 Å². The Kier molecular flexibility index (Phi) is 6.25. The summed E-state index contributed by atoms with van der Waals surface area (Å²) < 4.78 is 5.57. The van der Waals surface area contributed by atoms with E-state index < -0.39 is 0 Å². The van der Waals surface area contributed by atoms with Crippen molar-refractivity contribution < 1.29 is 14.3 Å². The molecule has 2 aliphatic rings. The second-order valence-corrected chi connectivity index (χ2v) is 6.90. The highest BCUT2D eigenvalue weighted by molar-refractivity contribution is 5.84. The van der Waals surface area contributed by atoms with E-state index >= 15 is 0 Å². The molecule has 25 heavy (non-hydrogen) atoms. The van der Waals surface area contributed by atoms with Crippen molar-refractivity contribution in [1.29, 1.82) is 0 Å². The van der Waals surface area contributed by atoms with Gasteiger partial charge in [-0.2, -0.15) is 0 Å². The second kappa shape index (κ2) is 8.83. The number of hydrogen-bond donors (Lipinski definition) is 1. The Balaban J connectivity index is 1.36. The van der Waals surface area contributed by atoms with Crippen LogP contribution in [0.5, 0.6) is 5.75 Å². The van der Waals surface area contributed by atoms with Gasteiger partial charge in [0.25, 0.3) is 0 Å². The first-order valence-electron chi connectivity index (χ1n) is 9.34. The van der Waals surface area contributed by atoms with E-state index in [9.17, 15) is 9.59 Å². The molecule has 1 aliphatic heterocycles. The molecule has 1 saturated carbocycles. The summed E-state index contributed by atoms with van der Waals surface area (Å²) in [5.41, 5.74) is 0. The first kappa shape index (κ1) is 17.7. The van der Waals surface area contributed by atoms with E-state index in [4.69, 9.17) is 4.74 Å². The van der Waals surface area contributed by atoms with Crippen LogP contribution in [0.25, 0.3) is 0 Å². The molecule has 1 aromatic heterocycles. The molecule has 1 saturated heterocycles. The molecule has 0 aromatic carbocycles. The molecule has 1 aromatic rings. The van der Waals surface area contributed by atoms with Crippen LogP contribution in [0.4, 0.5) is 0 Å². The topological polar surface area (TPSA) is 71.5 Å². The van der Waals surface area contributed by atoms with Crippen LogP contribution in [0, 0.1) is 5.92 Å². The minimum absolute atomic E-state index is 0.0666. The van der Waals surface area contributed by atoms with Gasteiger partial charge < -0.3 is 15.0 Å². The molecule has 136 valence electrons. The van der Waals surface area contributed by atoms with Crippen molar-refractivity contribution in [2.24, 2.45) is 5.92 Å². The first-order chi connectivity index (χ1) is 12.2. The molecule has 2 amide bonds. The summed E-state index contributed by atoms with van der Waals surface area (Å²) >= 11 is 0. The van der Waals surface area contributed by atoms with Crippen LogP contribution < -0.4 is 10.1 Å². The average Bonchev–Trinajstić information content (AvgIpc) is 3.17. The predicted octanol–water partition coefficient (Wildman–Crippen LogP) is 2.15. The third kappa shape index (κ3) is 4.94. The van der Waals surface area contributed by atoms with Crippen LogP contribution in [0.15, 0.2) is 24.5 Å². The van der Waals surface area contributed by atoms with Gasteiger partial charge >= 0.3 is 0 Å². The third-order valence-electron chi connectivity index (χ3n) is 5.10. The number of pyridine rings is 1. The Bertz CT molecular complexity index is 573. The number of rotatable bonds is 7. The minimum atomic E-state index is -0.0717. The van der Waals surface area contributed by atoms with E-state index in [1.165, 1.54) is 12.8 Å². The van der Waals surface area contributed by atoms with E-state index in [0.29, 0.717) is 38.6 Å². The van der Waals surface area contributed by atoms with Gasteiger partial charge in [-0.05, 0) is 37.8 Å². The predicted molar refractivity (Wildman–Crippen MR) is 94.1 cm³/mol. The maximum absolute atomic E-state index is 12.4. The van der Waals surface area contributed by atoms with Crippen molar-refractivity contribution in [1.82, 2.24) is 15.2 Å². The molecule has 6 heteroatoms. The van der Waals surface area contributed by atoms with Crippen LogP contribution >= 0.6 is 0 Å². The molecule has 0 bridgehead atoms. The number of nitrogens with one attached hydrogen (secondary N) is 1. The van der Waals surface area contributed by atoms with Crippen LogP contribution in [-0.2, 0) is 9.59 Å². The average molecular weight is 345 g/mol. The Labute approximate surface area is 148 Å². The Morgan fingerprint density at radius 1 is 1.32 bits per heavy atom. The zero-order chi connectivity index (χ0) is 17.5. The quantitative estimate of drug-likeness (QED) is 0.769. The molecule has 1 atom stereocenters. The maximum Gasteiger partial charge on any atom is 0.224 e. The summed E-state index contributed by atoms with van der Waals surface area (Å²) in [5.74, 6) is 0.960. The van der Waals surface area contributed by atoms with Crippen molar-refractivity contribution >= 4 is 11.8 Å². The van der Waals surface area contributed by atoms with Crippen molar-refractivity contribution in [2.75, 3.05) is 19.7 Å². The van der Waals surface area contributed by atoms with Crippen LogP contribution in [0.1, 0.15) is 44.9 Å². The monoisotopic (exact) mass is 345 g/mol. The first-order valence-corrected chi connectivity index (χ1v) is 9.34. The SMILES string of the molecule is O=C(NCCCOc1cccnc1)C1CCC(=O)N(C2CCCC2)C1. The summed E-state index contributed by atoms with van der Waals surface area (Å²) in [4.78, 5) is 30.5. The Morgan fingerprint density at radius 3 is 2.92 bits per heavy atom. The van der Waals surface area contributed by atoms with E-state index in [1.54, 1.807) is 12.4 Å². The number of carbonyl (C=O) groups is 2. The molecule has 0 radical (unpaired) electrons. The van der Waals surface area contributed by atoms with E-state index in [0.717, 1.165) is 25.0 Å². The maximum atomic E-state index is 12.4. The Morgan fingerprint density at radius 2 is 2.16 bits per heavy atom. The zero-order valence-corrected chi connectivity index (χ0v) is 14.7. The van der Waals surface area contributed by atoms with E-state index in [2.05, 4.69) is 10.3 Å². The molecule has 1 aliphatic carbocycles. The molecule has 1 N–H and O–H groups in total. The van der Waals surface area contributed by atoms with Gasteiger partial charge in [0.15, 0.2) is 0 Å². The fourth-order valence-corrected chi connectivity index (χ4v) is 3.71. The molecule has 2 fully saturated rings. The van der Waals surface area contributed by atoms with Gasteiger partial charge in [-0.25, -0.2) is 0 Å². The number of ether oxygens (including phenoxy) is 1. The van der Waals surface area contributed by atoms with E-state index in [-0.39, 0.29) is 17.7 Å². The summed E-state index contributed by atoms with van der Waals surface area (Å²) in [6.07, 6.45) is 9.87. The zero-order valence-electron chi connectivity index (χ0n) is 14.7. The second-order valence-electron chi connectivity index (χ2n) is 6.90. The van der Waals surface area contributed by atoms with Crippen molar-refractivity contribution in [3.63, 3.8) is 0 Å². The number of hydrogen-bond acceptors (Lipinski definition) is 4. The molecule has 6 nitrogen and oxygen atoms in total. The lowest BCUT2D eigenvalue weighted by Gasteiger charge is -2.36. The number of carbonyl (C=O) groups excluding carboxylic acids is 2. The number of amides is 2. The highest BCUT2D eigenvalue weighted by Crippen LogP contribution is 2.28. The van der Waals surface area contributed by atoms with Gasteiger partial charge in [0.1, 0.15) is 5.75 Å². The van der Waals surface area contributed by atoms with Crippen molar-refractivity contribution in [2.45, 2.75) is 51.0 Å². The van der Waals surface area contributed by atoms with Gasteiger partial charge in [-0.3, -0.25) is 14.6 Å².